The second kappa shape index (κ2) is 6.02. The van der Waals surface area contributed by atoms with Gasteiger partial charge in [0.05, 0.1) is 25.9 Å². The van der Waals surface area contributed by atoms with Crippen LogP contribution in [-0.4, -0.2) is 50.5 Å². The van der Waals surface area contributed by atoms with E-state index in [0.29, 0.717) is 12.6 Å². The molecule has 0 saturated carbocycles. The summed E-state index contributed by atoms with van der Waals surface area (Å²) in [6.07, 6.45) is 0.183. The third kappa shape index (κ3) is 3.30. The van der Waals surface area contributed by atoms with Crippen LogP contribution >= 0.6 is 0 Å². The van der Waals surface area contributed by atoms with Crippen LogP contribution in [0.4, 0.5) is 0 Å². The average molecular weight is 196 g/mol. The van der Waals surface area contributed by atoms with E-state index in [-0.39, 0.29) is 6.10 Å². The topological polar surface area (TPSA) is 21.7 Å². The third-order valence-corrected chi connectivity index (χ3v) is 2.39. The first-order chi connectivity index (χ1) is 6.77. The Hall–Kier alpha value is -0.560. The molecule has 0 spiro atoms. The minimum atomic E-state index is 0.183. The first-order valence-electron chi connectivity index (χ1n) is 4.87. The fourth-order valence-corrected chi connectivity index (χ4v) is 1.54. The number of methoxy groups -OCH3 is 1. The van der Waals surface area contributed by atoms with Crippen LogP contribution in [0.1, 0.15) is 6.92 Å². The zero-order valence-electron chi connectivity index (χ0n) is 8.95. The van der Waals surface area contributed by atoms with Crippen molar-refractivity contribution in [2.45, 2.75) is 19.1 Å². The highest BCUT2D eigenvalue weighted by Crippen LogP contribution is 2.10. The zero-order chi connectivity index (χ0) is 10.4. The summed E-state index contributed by atoms with van der Waals surface area (Å²) < 4.78 is 10.7. The lowest BCUT2D eigenvalue weighted by molar-refractivity contribution is -0.0802. The number of hydrogen-bond acceptors (Lipinski definition) is 3. The Kier molecular flexibility index (Phi) is 4.95. The minimum Gasteiger partial charge on any atom is -0.382 e. The summed E-state index contributed by atoms with van der Waals surface area (Å²) >= 11 is 0. The summed E-state index contributed by atoms with van der Waals surface area (Å²) in [5.74, 6) is 5.65. The maximum absolute atomic E-state index is 5.61. The Morgan fingerprint density at radius 1 is 1.64 bits per heavy atom. The van der Waals surface area contributed by atoms with Gasteiger partial charge in [-0.2, -0.15) is 0 Å². The Morgan fingerprint density at radius 3 is 3.07 bits per heavy atom. The van der Waals surface area contributed by atoms with E-state index in [1.165, 1.54) is 0 Å². The van der Waals surface area contributed by atoms with Crippen molar-refractivity contribution in [1.82, 2.24) is 4.90 Å². The molecule has 0 aromatic rings. The SMILES string of the molecule is [CH2]C#CCN1CC(COC)OCC1C. The molecule has 0 N–H and O–H groups in total. The van der Waals surface area contributed by atoms with Gasteiger partial charge in [0.15, 0.2) is 0 Å². The number of hydrogen-bond donors (Lipinski definition) is 0. The highest BCUT2D eigenvalue weighted by Gasteiger charge is 2.24. The summed E-state index contributed by atoms with van der Waals surface area (Å²) in [4.78, 5) is 2.30. The van der Waals surface area contributed by atoms with Gasteiger partial charge < -0.3 is 9.47 Å². The van der Waals surface area contributed by atoms with Gasteiger partial charge in [-0.25, -0.2) is 0 Å². The summed E-state index contributed by atoms with van der Waals surface area (Å²) in [5, 5.41) is 0. The van der Waals surface area contributed by atoms with Crippen LogP contribution in [0, 0.1) is 18.8 Å². The molecule has 0 bridgehead atoms. The molecule has 2 atom stereocenters. The number of rotatable bonds is 3. The van der Waals surface area contributed by atoms with Gasteiger partial charge in [-0.05, 0) is 6.92 Å². The molecule has 1 heterocycles. The summed E-state index contributed by atoms with van der Waals surface area (Å²) in [5.41, 5.74) is 0. The van der Waals surface area contributed by atoms with Crippen molar-refractivity contribution in [2.24, 2.45) is 0 Å². The maximum Gasteiger partial charge on any atom is 0.0936 e. The number of nitrogens with zero attached hydrogens (tertiary/aromatic N) is 1. The van der Waals surface area contributed by atoms with Crippen molar-refractivity contribution < 1.29 is 9.47 Å². The van der Waals surface area contributed by atoms with Crippen LogP contribution in [0.3, 0.4) is 0 Å². The van der Waals surface area contributed by atoms with Crippen molar-refractivity contribution in [1.29, 1.82) is 0 Å². The van der Waals surface area contributed by atoms with E-state index in [9.17, 15) is 0 Å². The second-order valence-electron chi connectivity index (χ2n) is 3.54. The predicted molar refractivity (Wildman–Crippen MR) is 55.8 cm³/mol. The molecule has 0 aromatic carbocycles. The molecule has 1 radical (unpaired) electrons. The molecule has 0 aliphatic carbocycles. The molecule has 0 aromatic heterocycles. The van der Waals surface area contributed by atoms with E-state index in [4.69, 9.17) is 9.47 Å². The molecular weight excluding hydrogens is 178 g/mol. The van der Waals surface area contributed by atoms with E-state index >= 15 is 0 Å². The van der Waals surface area contributed by atoms with Gasteiger partial charge in [-0.1, -0.05) is 5.92 Å². The van der Waals surface area contributed by atoms with Crippen molar-refractivity contribution in [3.05, 3.63) is 6.92 Å². The van der Waals surface area contributed by atoms with Crippen molar-refractivity contribution in [3.8, 4) is 11.8 Å². The molecule has 2 unspecified atom stereocenters. The molecule has 3 heteroatoms. The molecular formula is C11H18NO2. The number of morpholine rings is 1. The predicted octanol–water partition coefficient (Wildman–Crippen LogP) is 0.560. The van der Waals surface area contributed by atoms with E-state index in [2.05, 4.69) is 30.6 Å². The second-order valence-corrected chi connectivity index (χ2v) is 3.54. The Balaban J connectivity index is 2.40. The van der Waals surface area contributed by atoms with E-state index in [1.807, 2.05) is 0 Å². The number of ether oxygens (including phenoxy) is 2. The van der Waals surface area contributed by atoms with Gasteiger partial charge in [0.25, 0.3) is 0 Å². The fraction of sp³-hybridized carbons (Fsp3) is 0.727. The zero-order valence-corrected chi connectivity index (χ0v) is 8.95. The molecule has 0 amide bonds. The summed E-state index contributed by atoms with van der Waals surface area (Å²) in [6, 6.07) is 0.434. The molecule has 1 aliphatic heterocycles. The molecule has 79 valence electrons. The van der Waals surface area contributed by atoms with Gasteiger partial charge in [0, 0.05) is 26.6 Å². The van der Waals surface area contributed by atoms with Crippen LogP contribution in [-0.2, 0) is 9.47 Å². The third-order valence-electron chi connectivity index (χ3n) is 2.39. The van der Waals surface area contributed by atoms with E-state index in [0.717, 1.165) is 19.7 Å². The first kappa shape index (κ1) is 11.5. The van der Waals surface area contributed by atoms with E-state index in [1.54, 1.807) is 7.11 Å². The highest BCUT2D eigenvalue weighted by molar-refractivity contribution is 5.04. The summed E-state index contributed by atoms with van der Waals surface area (Å²) in [6.45, 7) is 8.73. The highest BCUT2D eigenvalue weighted by atomic mass is 16.5. The lowest BCUT2D eigenvalue weighted by Gasteiger charge is -2.36. The molecule has 1 aliphatic rings. The molecule has 1 rings (SSSR count). The van der Waals surface area contributed by atoms with Crippen molar-refractivity contribution in [2.75, 3.05) is 33.4 Å². The molecule has 3 nitrogen and oxygen atoms in total. The fourth-order valence-electron chi connectivity index (χ4n) is 1.54. The first-order valence-corrected chi connectivity index (χ1v) is 4.87. The Morgan fingerprint density at radius 2 is 2.43 bits per heavy atom. The van der Waals surface area contributed by atoms with Gasteiger partial charge in [0.1, 0.15) is 0 Å². The monoisotopic (exact) mass is 196 g/mol. The lowest BCUT2D eigenvalue weighted by atomic mass is 10.2. The Bertz CT molecular complexity index is 219. The van der Waals surface area contributed by atoms with Gasteiger partial charge in [-0.15, -0.1) is 5.92 Å². The maximum atomic E-state index is 5.61. The van der Waals surface area contributed by atoms with Crippen LogP contribution < -0.4 is 0 Å². The molecule has 1 saturated heterocycles. The van der Waals surface area contributed by atoms with Crippen molar-refractivity contribution in [3.63, 3.8) is 0 Å². The Labute approximate surface area is 86.4 Å². The van der Waals surface area contributed by atoms with Crippen LogP contribution in [0.15, 0.2) is 0 Å². The van der Waals surface area contributed by atoms with Crippen LogP contribution in [0.5, 0.6) is 0 Å². The largest absolute Gasteiger partial charge is 0.382 e. The van der Waals surface area contributed by atoms with Gasteiger partial charge >= 0.3 is 0 Å². The smallest absolute Gasteiger partial charge is 0.0936 e. The van der Waals surface area contributed by atoms with Gasteiger partial charge in [0.2, 0.25) is 0 Å². The standard InChI is InChI=1S/C11H18NO2/c1-4-5-6-12-7-11(9-13-3)14-8-10(12)2/h10-11H,1,6-9H2,2-3H3. The molecule has 14 heavy (non-hydrogen) atoms. The van der Waals surface area contributed by atoms with Crippen molar-refractivity contribution >= 4 is 0 Å². The minimum absolute atomic E-state index is 0.183. The molecule has 1 fully saturated rings. The van der Waals surface area contributed by atoms with Crippen LogP contribution in [0.25, 0.3) is 0 Å². The van der Waals surface area contributed by atoms with Crippen LogP contribution in [0.2, 0.25) is 0 Å². The van der Waals surface area contributed by atoms with Gasteiger partial charge in [-0.3, -0.25) is 4.90 Å². The normalized spacial score (nSPS) is 28.2. The van der Waals surface area contributed by atoms with E-state index < -0.39 is 0 Å². The average Bonchev–Trinajstić information content (AvgIpc) is 2.19. The lowest BCUT2D eigenvalue weighted by Crippen LogP contribution is -2.49. The quantitative estimate of drug-likeness (QED) is 0.616. The summed E-state index contributed by atoms with van der Waals surface area (Å²) in [7, 11) is 1.70.